The molecule has 1 aliphatic carbocycles. The smallest absolute Gasteiger partial charge is 0.261 e. The van der Waals surface area contributed by atoms with Gasteiger partial charge in [-0.25, -0.2) is 4.98 Å². The molecule has 37 heavy (non-hydrogen) atoms. The molecule has 5 rings (SSSR count). The van der Waals surface area contributed by atoms with Crippen LogP contribution in [0.25, 0.3) is 11.0 Å². The van der Waals surface area contributed by atoms with Crippen LogP contribution < -0.4 is 9.84 Å². The Kier molecular flexibility index (Phi) is 8.01. The van der Waals surface area contributed by atoms with Crippen LogP contribution in [-0.2, 0) is 14.0 Å². The summed E-state index contributed by atoms with van der Waals surface area (Å²) in [4.78, 5) is 4.40. The van der Waals surface area contributed by atoms with E-state index in [4.69, 9.17) is 25.6 Å². The topological polar surface area (TPSA) is 139 Å². The molecule has 3 aromatic rings. The van der Waals surface area contributed by atoms with Crippen LogP contribution >= 0.6 is 19.6 Å². The number of anilines is 1. The van der Waals surface area contributed by atoms with Gasteiger partial charge >= 0.3 is 0 Å². The number of rotatable bonds is 9. The van der Waals surface area contributed by atoms with E-state index in [1.54, 1.807) is 41.1 Å². The Hall–Kier alpha value is -2.64. The number of para-hydroxylation sites is 1. The van der Waals surface area contributed by atoms with Gasteiger partial charge in [0.15, 0.2) is 11.4 Å². The number of benzene rings is 1. The molecule has 196 valence electrons. The molecule has 1 aromatic carbocycles. The summed E-state index contributed by atoms with van der Waals surface area (Å²) in [6.07, 6.45) is 1.44. The third-order valence-corrected chi connectivity index (χ3v) is 7.90. The molecule has 0 amide bonds. The lowest BCUT2D eigenvalue weighted by Gasteiger charge is -2.19. The highest BCUT2D eigenvalue weighted by atomic mass is 35.5. The zero-order valence-electron chi connectivity index (χ0n) is 19.9. The average molecular weight is 547 g/mol. The van der Waals surface area contributed by atoms with Gasteiger partial charge in [-0.2, -0.15) is 5.26 Å². The highest BCUT2D eigenvalue weighted by Crippen LogP contribution is 2.38. The summed E-state index contributed by atoms with van der Waals surface area (Å²) in [5.41, 5.74) is 1.30. The van der Waals surface area contributed by atoms with Crippen molar-refractivity contribution in [1.29, 1.82) is 5.26 Å². The van der Waals surface area contributed by atoms with Gasteiger partial charge in [0, 0.05) is 17.6 Å². The number of hydrogen-bond donors (Lipinski definition) is 3. The molecular formula is C25H28ClN4O6P. The van der Waals surface area contributed by atoms with Crippen molar-refractivity contribution in [2.45, 2.75) is 56.3 Å². The number of fused-ring (bicyclic) bond motifs is 1. The number of aromatic nitrogens is 2. The van der Waals surface area contributed by atoms with Crippen molar-refractivity contribution >= 4 is 36.3 Å². The normalized spacial score (nSPS) is 24.8. The lowest BCUT2D eigenvalue weighted by molar-refractivity contribution is -0.0602. The molecule has 2 fully saturated rings. The summed E-state index contributed by atoms with van der Waals surface area (Å²) >= 11 is 6.38. The maximum atomic E-state index is 12.2. The van der Waals surface area contributed by atoms with Gasteiger partial charge in [0.1, 0.15) is 47.7 Å². The lowest BCUT2D eigenvalue weighted by atomic mass is 10.1. The molecule has 3 N–H and O–H groups in total. The first-order chi connectivity index (χ1) is 18.0. The Morgan fingerprint density at radius 1 is 1.22 bits per heavy atom. The molecular weight excluding hydrogens is 519 g/mol. The number of aliphatic hydroxyl groups is 2. The van der Waals surface area contributed by atoms with Crippen LogP contribution in [0.5, 0.6) is 5.75 Å². The summed E-state index contributed by atoms with van der Waals surface area (Å²) in [5, 5.41) is 35.3. The summed E-state index contributed by atoms with van der Waals surface area (Å²) in [6, 6.07) is 12.9. The Bertz CT molecular complexity index is 1310. The number of hydrogen-bond acceptors (Lipinski definition) is 9. The van der Waals surface area contributed by atoms with Crippen molar-refractivity contribution in [3.05, 3.63) is 53.3 Å². The zero-order chi connectivity index (χ0) is 25.9. The summed E-state index contributed by atoms with van der Waals surface area (Å²) < 4.78 is 30.6. The first-order valence-electron chi connectivity index (χ1n) is 12.2. The van der Waals surface area contributed by atoms with Gasteiger partial charge in [-0.15, -0.1) is 0 Å². The van der Waals surface area contributed by atoms with Crippen molar-refractivity contribution in [1.82, 2.24) is 9.55 Å². The standard InChI is InChI=1S/C25H28ClN4O6P/c26-23-18(12-27)20(28-15-6-4-5-7-15)17-10-11-30(24(17)29-23)25-22(32)21(31)19(35-25)13-34-14-37(33)36-16-8-2-1-3-9-16/h1-3,8-11,15,19,21-22,25,31-32,37H,4-7,13-14H2,(H,28,29)/t19-,21-,22-,25-/m1/s1. The van der Waals surface area contributed by atoms with Crippen LogP contribution in [0.15, 0.2) is 42.6 Å². The Morgan fingerprint density at radius 2 is 1.97 bits per heavy atom. The van der Waals surface area contributed by atoms with E-state index >= 15 is 0 Å². The van der Waals surface area contributed by atoms with E-state index in [1.165, 1.54) is 0 Å². The molecule has 1 unspecified atom stereocenters. The van der Waals surface area contributed by atoms with Crippen molar-refractivity contribution in [2.75, 3.05) is 18.3 Å². The van der Waals surface area contributed by atoms with Crippen molar-refractivity contribution in [3.63, 3.8) is 0 Å². The molecule has 2 aromatic heterocycles. The van der Waals surface area contributed by atoms with Crippen LogP contribution in [0.1, 0.15) is 37.5 Å². The third-order valence-electron chi connectivity index (χ3n) is 6.72. The van der Waals surface area contributed by atoms with Crippen molar-refractivity contribution in [2.24, 2.45) is 0 Å². The number of nitriles is 1. The van der Waals surface area contributed by atoms with Gasteiger partial charge in [-0.1, -0.05) is 42.6 Å². The second-order valence-electron chi connectivity index (χ2n) is 9.20. The number of ether oxygens (including phenoxy) is 2. The highest BCUT2D eigenvalue weighted by molar-refractivity contribution is 7.39. The fraction of sp³-hybridized carbons (Fsp3) is 0.440. The molecule has 1 aliphatic heterocycles. The quantitative estimate of drug-likeness (QED) is 0.268. The van der Waals surface area contributed by atoms with Gasteiger partial charge in [-0.3, -0.25) is 4.57 Å². The minimum atomic E-state index is -2.51. The molecule has 3 heterocycles. The number of pyridine rings is 1. The third kappa shape index (κ3) is 5.48. The molecule has 2 aliphatic rings. The van der Waals surface area contributed by atoms with Crippen LogP contribution in [0.4, 0.5) is 5.69 Å². The summed E-state index contributed by atoms with van der Waals surface area (Å²) in [6.45, 7) is -0.0935. The molecule has 10 nitrogen and oxygen atoms in total. The second-order valence-corrected chi connectivity index (χ2v) is 10.8. The van der Waals surface area contributed by atoms with Gasteiger partial charge in [-0.05, 0) is 31.0 Å². The number of nitrogens with one attached hydrogen (secondary N) is 1. The van der Waals surface area contributed by atoms with E-state index in [-0.39, 0.29) is 29.7 Å². The van der Waals surface area contributed by atoms with E-state index in [2.05, 4.69) is 16.4 Å². The number of aliphatic hydroxyl groups excluding tert-OH is 2. The van der Waals surface area contributed by atoms with E-state index in [9.17, 15) is 20.0 Å². The zero-order valence-corrected chi connectivity index (χ0v) is 21.7. The predicted molar refractivity (Wildman–Crippen MR) is 138 cm³/mol. The molecule has 0 radical (unpaired) electrons. The van der Waals surface area contributed by atoms with Gasteiger partial charge < -0.3 is 34.1 Å². The maximum Gasteiger partial charge on any atom is 0.261 e. The molecule has 1 saturated heterocycles. The van der Waals surface area contributed by atoms with Crippen LogP contribution in [0.3, 0.4) is 0 Å². The highest BCUT2D eigenvalue weighted by Gasteiger charge is 2.44. The second kappa shape index (κ2) is 11.4. The monoisotopic (exact) mass is 546 g/mol. The van der Waals surface area contributed by atoms with Gasteiger partial charge in [0.05, 0.1) is 12.3 Å². The fourth-order valence-corrected chi connectivity index (χ4v) is 5.83. The minimum absolute atomic E-state index is 0.0481. The van der Waals surface area contributed by atoms with Crippen molar-refractivity contribution < 1.29 is 28.8 Å². The first-order valence-corrected chi connectivity index (χ1v) is 14.1. The van der Waals surface area contributed by atoms with Gasteiger partial charge in [0.2, 0.25) is 0 Å². The summed E-state index contributed by atoms with van der Waals surface area (Å²) in [7, 11) is -2.51. The summed E-state index contributed by atoms with van der Waals surface area (Å²) in [5.74, 6) is 0.481. The van der Waals surface area contributed by atoms with E-state index < -0.39 is 32.6 Å². The Labute approximate surface area is 219 Å². The first kappa shape index (κ1) is 26.0. The number of nitrogens with zero attached hydrogens (tertiary/aromatic N) is 3. The molecule has 0 bridgehead atoms. The van der Waals surface area contributed by atoms with E-state index in [0.717, 1.165) is 25.7 Å². The maximum absolute atomic E-state index is 12.2. The minimum Gasteiger partial charge on any atom is -0.443 e. The van der Waals surface area contributed by atoms with E-state index in [1.807, 2.05) is 6.07 Å². The van der Waals surface area contributed by atoms with Crippen molar-refractivity contribution in [3.8, 4) is 11.8 Å². The van der Waals surface area contributed by atoms with Crippen LogP contribution in [0.2, 0.25) is 5.15 Å². The molecule has 5 atom stereocenters. The van der Waals surface area contributed by atoms with Crippen LogP contribution in [-0.4, -0.2) is 57.1 Å². The molecule has 1 saturated carbocycles. The SMILES string of the molecule is N#Cc1c(Cl)nc2c(ccn2[C@@H]2O[C@H](COC[PH](=O)Oc3ccccc3)[C@@H](O)[C@H]2O)c1NC1CCCC1. The fourth-order valence-electron chi connectivity index (χ4n) is 4.87. The Morgan fingerprint density at radius 3 is 2.70 bits per heavy atom. The predicted octanol–water partition coefficient (Wildman–Crippen LogP) is 4.06. The lowest BCUT2D eigenvalue weighted by Crippen LogP contribution is -2.33. The molecule has 0 spiro atoms. The van der Waals surface area contributed by atoms with E-state index in [0.29, 0.717) is 22.5 Å². The average Bonchev–Trinajstić information content (AvgIpc) is 3.61. The van der Waals surface area contributed by atoms with Gasteiger partial charge in [0.25, 0.3) is 8.03 Å². The van der Waals surface area contributed by atoms with Crippen LogP contribution in [0, 0.1) is 11.3 Å². The molecule has 12 heteroatoms. The largest absolute Gasteiger partial charge is 0.443 e. The Balaban J connectivity index is 1.29. The number of halogens is 1.